The monoisotopic (exact) mass is 210 g/mol. The summed E-state index contributed by atoms with van der Waals surface area (Å²) in [5.41, 5.74) is 9.79. The van der Waals surface area contributed by atoms with Crippen molar-refractivity contribution in [3.05, 3.63) is 29.3 Å². The molecule has 0 aliphatic heterocycles. The molecule has 78 valence electrons. The van der Waals surface area contributed by atoms with Crippen molar-refractivity contribution in [3.63, 3.8) is 0 Å². The molecule has 15 heavy (non-hydrogen) atoms. The van der Waals surface area contributed by atoms with Gasteiger partial charge in [-0.2, -0.15) is 0 Å². The van der Waals surface area contributed by atoms with E-state index in [1.807, 2.05) is 0 Å². The first-order valence-electron chi connectivity index (χ1n) is 4.02. The number of carbonyl (C=O) groups is 1. The maximum Gasteiger partial charge on any atom is 0.229 e. The largest absolute Gasteiger partial charge is 0.396 e. The van der Waals surface area contributed by atoms with Gasteiger partial charge in [-0.05, 0) is 6.07 Å². The van der Waals surface area contributed by atoms with Crippen molar-refractivity contribution in [2.45, 2.75) is 6.42 Å². The third-order valence-electron chi connectivity index (χ3n) is 1.57. The molecule has 0 bridgehead atoms. The van der Waals surface area contributed by atoms with Crippen LogP contribution in [0.15, 0.2) is 12.1 Å². The molecule has 1 aromatic carbocycles. The average molecular weight is 210 g/mol. The summed E-state index contributed by atoms with van der Waals surface area (Å²) in [6.07, 6.45) is -0.184. The molecule has 0 saturated heterocycles. The number of benzene rings is 1. The number of amides is 1. The number of carbonyl (C=O) groups excluding carboxylic acids is 1. The molecular formula is C10H8F2N2O. The Morgan fingerprint density at radius 1 is 1.33 bits per heavy atom. The zero-order chi connectivity index (χ0) is 11.4. The Morgan fingerprint density at radius 2 is 2.00 bits per heavy atom. The van der Waals surface area contributed by atoms with Gasteiger partial charge in [-0.15, -0.1) is 0 Å². The summed E-state index contributed by atoms with van der Waals surface area (Å²) < 4.78 is 25.8. The molecule has 0 heterocycles. The van der Waals surface area contributed by atoms with Crippen molar-refractivity contribution in [1.82, 2.24) is 0 Å². The third-order valence-corrected chi connectivity index (χ3v) is 1.57. The molecule has 0 spiro atoms. The van der Waals surface area contributed by atoms with E-state index in [-0.39, 0.29) is 17.7 Å². The lowest BCUT2D eigenvalue weighted by Gasteiger charge is -1.98. The van der Waals surface area contributed by atoms with Crippen LogP contribution in [0.4, 0.5) is 14.5 Å². The molecule has 1 rings (SSSR count). The Labute approximate surface area is 85.1 Å². The fourth-order valence-electron chi connectivity index (χ4n) is 0.888. The molecule has 0 unspecified atom stereocenters. The molecule has 5 heteroatoms. The molecule has 1 amide bonds. The molecule has 0 aromatic heterocycles. The normalized spacial score (nSPS) is 9.20. The van der Waals surface area contributed by atoms with Crippen LogP contribution in [0.2, 0.25) is 0 Å². The standard InChI is InChI=1S/C10H8F2N2O/c11-7-5-8(12)9(13)4-6(7)2-1-3-10(14)15/h4-5H,3,13H2,(H2,14,15). The van der Waals surface area contributed by atoms with Crippen LogP contribution in [0.3, 0.4) is 0 Å². The number of nitrogen functional groups attached to an aromatic ring is 1. The maximum absolute atomic E-state index is 13.0. The Morgan fingerprint density at radius 3 is 2.60 bits per heavy atom. The molecule has 0 atom stereocenters. The summed E-state index contributed by atoms with van der Waals surface area (Å²) in [5, 5.41) is 0. The number of hydrogen-bond donors (Lipinski definition) is 2. The smallest absolute Gasteiger partial charge is 0.229 e. The predicted octanol–water partition coefficient (Wildman–Crippen LogP) is 0.774. The van der Waals surface area contributed by atoms with E-state index in [1.54, 1.807) is 0 Å². The van der Waals surface area contributed by atoms with Gasteiger partial charge in [0.25, 0.3) is 0 Å². The van der Waals surface area contributed by atoms with Crippen LogP contribution < -0.4 is 11.5 Å². The topological polar surface area (TPSA) is 69.1 Å². The number of halogens is 2. The van der Waals surface area contributed by atoms with Crippen molar-refractivity contribution < 1.29 is 13.6 Å². The van der Waals surface area contributed by atoms with Crippen LogP contribution in [-0.4, -0.2) is 5.91 Å². The quantitative estimate of drug-likeness (QED) is 0.531. The van der Waals surface area contributed by atoms with E-state index in [0.29, 0.717) is 6.07 Å². The highest BCUT2D eigenvalue weighted by Crippen LogP contribution is 2.15. The van der Waals surface area contributed by atoms with Gasteiger partial charge in [0.15, 0.2) is 0 Å². The molecule has 0 radical (unpaired) electrons. The zero-order valence-corrected chi connectivity index (χ0v) is 7.68. The molecule has 3 nitrogen and oxygen atoms in total. The fraction of sp³-hybridized carbons (Fsp3) is 0.100. The van der Waals surface area contributed by atoms with Crippen molar-refractivity contribution in [3.8, 4) is 11.8 Å². The van der Waals surface area contributed by atoms with E-state index in [9.17, 15) is 13.6 Å². The van der Waals surface area contributed by atoms with E-state index < -0.39 is 17.5 Å². The van der Waals surface area contributed by atoms with Crippen molar-refractivity contribution in [2.75, 3.05) is 5.73 Å². The van der Waals surface area contributed by atoms with Gasteiger partial charge in [0.1, 0.15) is 11.6 Å². The van der Waals surface area contributed by atoms with Gasteiger partial charge in [-0.1, -0.05) is 11.8 Å². The van der Waals surface area contributed by atoms with Crippen molar-refractivity contribution in [2.24, 2.45) is 5.73 Å². The first-order valence-corrected chi connectivity index (χ1v) is 4.02. The van der Waals surface area contributed by atoms with Gasteiger partial charge >= 0.3 is 0 Å². The second-order valence-corrected chi connectivity index (χ2v) is 2.80. The van der Waals surface area contributed by atoms with E-state index in [4.69, 9.17) is 11.5 Å². The Kier molecular flexibility index (Phi) is 3.24. The summed E-state index contributed by atoms with van der Waals surface area (Å²) in [7, 11) is 0. The number of rotatable bonds is 1. The highest BCUT2D eigenvalue weighted by atomic mass is 19.1. The molecule has 0 aliphatic carbocycles. The van der Waals surface area contributed by atoms with Gasteiger partial charge in [-0.25, -0.2) is 8.78 Å². The van der Waals surface area contributed by atoms with Crippen LogP contribution in [-0.2, 0) is 4.79 Å². The zero-order valence-electron chi connectivity index (χ0n) is 7.68. The van der Waals surface area contributed by atoms with Crippen LogP contribution in [0.1, 0.15) is 12.0 Å². The first-order chi connectivity index (χ1) is 7.00. The number of anilines is 1. The molecule has 0 aliphatic rings. The second-order valence-electron chi connectivity index (χ2n) is 2.80. The van der Waals surface area contributed by atoms with Gasteiger partial charge in [0, 0.05) is 6.07 Å². The summed E-state index contributed by atoms with van der Waals surface area (Å²) in [6, 6.07) is 1.71. The van der Waals surface area contributed by atoms with Crippen LogP contribution in [0.25, 0.3) is 0 Å². The summed E-state index contributed by atoms with van der Waals surface area (Å²) in [6.45, 7) is 0. The number of primary amides is 1. The lowest BCUT2D eigenvalue weighted by molar-refractivity contribution is -0.117. The average Bonchev–Trinajstić information content (AvgIpc) is 2.13. The number of hydrogen-bond acceptors (Lipinski definition) is 2. The minimum absolute atomic E-state index is 0.0600. The minimum Gasteiger partial charge on any atom is -0.396 e. The highest BCUT2D eigenvalue weighted by Gasteiger charge is 2.05. The van der Waals surface area contributed by atoms with E-state index in [0.717, 1.165) is 6.07 Å². The van der Waals surface area contributed by atoms with E-state index in [2.05, 4.69) is 11.8 Å². The van der Waals surface area contributed by atoms with Crippen LogP contribution in [0.5, 0.6) is 0 Å². The molecule has 0 fully saturated rings. The Bertz CT molecular complexity index is 460. The highest BCUT2D eigenvalue weighted by molar-refractivity contribution is 5.76. The van der Waals surface area contributed by atoms with Crippen molar-refractivity contribution >= 4 is 11.6 Å². The maximum atomic E-state index is 13.0. The first kappa shape index (κ1) is 11.0. The SMILES string of the molecule is NC(=O)CC#Cc1cc(N)c(F)cc1F. The van der Waals surface area contributed by atoms with Crippen LogP contribution >= 0.6 is 0 Å². The molecule has 1 aromatic rings. The third kappa shape index (κ3) is 2.95. The number of nitrogens with two attached hydrogens (primary N) is 2. The summed E-state index contributed by atoms with van der Waals surface area (Å²) in [5.74, 6) is 2.41. The lowest BCUT2D eigenvalue weighted by atomic mass is 10.2. The molecule has 4 N–H and O–H groups in total. The van der Waals surface area contributed by atoms with E-state index in [1.165, 1.54) is 0 Å². The minimum atomic E-state index is -0.840. The lowest BCUT2D eigenvalue weighted by Crippen LogP contribution is -2.08. The Balaban J connectivity index is 2.98. The summed E-state index contributed by atoms with van der Waals surface area (Å²) in [4.78, 5) is 10.3. The van der Waals surface area contributed by atoms with Crippen LogP contribution in [0, 0.1) is 23.5 Å². The Hall–Kier alpha value is -2.09. The molecular weight excluding hydrogens is 202 g/mol. The van der Waals surface area contributed by atoms with Crippen molar-refractivity contribution in [1.29, 1.82) is 0 Å². The van der Waals surface area contributed by atoms with Gasteiger partial charge in [0.05, 0.1) is 17.7 Å². The summed E-state index contributed by atoms with van der Waals surface area (Å²) >= 11 is 0. The molecule has 0 saturated carbocycles. The van der Waals surface area contributed by atoms with E-state index >= 15 is 0 Å². The fourth-order valence-corrected chi connectivity index (χ4v) is 0.888. The second kappa shape index (κ2) is 4.42. The van der Waals surface area contributed by atoms with Gasteiger partial charge in [-0.3, -0.25) is 4.79 Å². The van der Waals surface area contributed by atoms with Gasteiger partial charge in [0.2, 0.25) is 5.91 Å². The van der Waals surface area contributed by atoms with Gasteiger partial charge < -0.3 is 11.5 Å². The predicted molar refractivity (Wildman–Crippen MR) is 51.5 cm³/mol.